The van der Waals surface area contributed by atoms with Gasteiger partial charge in [-0.1, -0.05) is 15.9 Å². The minimum atomic E-state index is -1.01. The number of amides is 1. The van der Waals surface area contributed by atoms with Crippen molar-refractivity contribution in [1.29, 1.82) is 0 Å². The van der Waals surface area contributed by atoms with Crippen molar-refractivity contribution in [2.45, 2.75) is 13.8 Å². The van der Waals surface area contributed by atoms with Crippen LogP contribution in [0.5, 0.6) is 0 Å². The Bertz CT molecular complexity index is 685. The van der Waals surface area contributed by atoms with E-state index in [0.29, 0.717) is 5.56 Å². The van der Waals surface area contributed by atoms with Gasteiger partial charge in [-0.25, -0.2) is 4.79 Å². The van der Waals surface area contributed by atoms with Gasteiger partial charge < -0.3 is 10.4 Å². The van der Waals surface area contributed by atoms with E-state index in [2.05, 4.69) is 21.2 Å². The zero-order chi connectivity index (χ0) is 15.6. The molecule has 2 rings (SSSR count). The van der Waals surface area contributed by atoms with Gasteiger partial charge >= 0.3 is 5.97 Å². The molecule has 2 N–H and O–H groups in total. The fraction of sp³-hybridized carbons (Fsp3) is 0.125. The summed E-state index contributed by atoms with van der Waals surface area (Å²) in [5.74, 6) is -1.28. The van der Waals surface area contributed by atoms with E-state index in [4.69, 9.17) is 5.11 Å². The van der Waals surface area contributed by atoms with E-state index in [0.717, 1.165) is 21.3 Å². The Morgan fingerprint density at radius 2 is 1.48 bits per heavy atom. The monoisotopic (exact) mass is 347 g/mol. The quantitative estimate of drug-likeness (QED) is 0.881. The largest absolute Gasteiger partial charge is 0.478 e. The minimum absolute atomic E-state index is 0.155. The van der Waals surface area contributed by atoms with Gasteiger partial charge in [0.15, 0.2) is 0 Å². The van der Waals surface area contributed by atoms with Crippen molar-refractivity contribution in [2.75, 3.05) is 5.32 Å². The highest BCUT2D eigenvalue weighted by molar-refractivity contribution is 9.10. The fourth-order valence-electron chi connectivity index (χ4n) is 2.06. The predicted octanol–water partition coefficient (Wildman–Crippen LogP) is 4.02. The van der Waals surface area contributed by atoms with Crippen LogP contribution in [-0.4, -0.2) is 17.0 Å². The van der Waals surface area contributed by atoms with Crippen molar-refractivity contribution >= 4 is 33.5 Å². The van der Waals surface area contributed by atoms with Crippen molar-refractivity contribution in [3.8, 4) is 0 Å². The number of carboxylic acids is 1. The normalized spacial score (nSPS) is 10.2. The molecule has 0 heterocycles. The van der Waals surface area contributed by atoms with Gasteiger partial charge in [-0.05, 0) is 61.4 Å². The van der Waals surface area contributed by atoms with E-state index in [1.54, 1.807) is 0 Å². The zero-order valence-corrected chi connectivity index (χ0v) is 13.2. The molecule has 108 valence electrons. The highest BCUT2D eigenvalue weighted by atomic mass is 79.9. The molecule has 0 saturated carbocycles. The molecule has 0 fully saturated rings. The van der Waals surface area contributed by atoms with E-state index >= 15 is 0 Å². The Morgan fingerprint density at radius 1 is 1.00 bits per heavy atom. The molecule has 0 atom stereocenters. The van der Waals surface area contributed by atoms with Crippen molar-refractivity contribution in [3.63, 3.8) is 0 Å². The standard InChI is InChI=1S/C16H14BrNO3/c1-9-7-13(17)8-10(2)14(9)18-15(19)11-3-5-12(6-4-11)16(20)21/h3-8H,1-2H3,(H,18,19)(H,20,21). The van der Waals surface area contributed by atoms with Crippen LogP contribution in [0.3, 0.4) is 0 Å². The smallest absolute Gasteiger partial charge is 0.335 e. The summed E-state index contributed by atoms with van der Waals surface area (Å²) in [6.45, 7) is 3.84. The maximum absolute atomic E-state index is 12.2. The van der Waals surface area contributed by atoms with E-state index in [1.165, 1.54) is 24.3 Å². The molecule has 0 aliphatic carbocycles. The number of carbonyl (C=O) groups excluding carboxylic acids is 1. The molecule has 0 spiro atoms. The summed E-state index contributed by atoms with van der Waals surface area (Å²) >= 11 is 3.41. The summed E-state index contributed by atoms with van der Waals surface area (Å²) in [6, 6.07) is 9.69. The average Bonchev–Trinajstić information content (AvgIpc) is 2.42. The van der Waals surface area contributed by atoms with Crippen LogP contribution in [0.25, 0.3) is 0 Å². The number of aromatic carboxylic acids is 1. The lowest BCUT2D eigenvalue weighted by Gasteiger charge is -2.12. The molecule has 0 saturated heterocycles. The first-order chi connectivity index (χ1) is 9.88. The molecule has 0 aliphatic rings. The number of aryl methyl sites for hydroxylation is 2. The lowest BCUT2D eigenvalue weighted by atomic mass is 10.1. The van der Waals surface area contributed by atoms with E-state index < -0.39 is 5.97 Å². The Morgan fingerprint density at radius 3 is 1.95 bits per heavy atom. The van der Waals surface area contributed by atoms with Crippen LogP contribution < -0.4 is 5.32 Å². The van der Waals surface area contributed by atoms with E-state index in [1.807, 2.05) is 26.0 Å². The molecule has 0 unspecified atom stereocenters. The molecular formula is C16H14BrNO3. The number of hydrogen-bond acceptors (Lipinski definition) is 2. The van der Waals surface area contributed by atoms with E-state index in [-0.39, 0.29) is 11.5 Å². The summed E-state index contributed by atoms with van der Waals surface area (Å²) in [7, 11) is 0. The first-order valence-corrected chi connectivity index (χ1v) is 7.09. The number of carboxylic acid groups (broad SMARTS) is 1. The van der Waals surface area contributed by atoms with Gasteiger partial charge in [-0.2, -0.15) is 0 Å². The summed E-state index contributed by atoms with van der Waals surface area (Å²) in [5.41, 5.74) is 3.25. The van der Waals surface area contributed by atoms with Gasteiger partial charge in [-0.15, -0.1) is 0 Å². The number of carbonyl (C=O) groups is 2. The second-order valence-electron chi connectivity index (χ2n) is 4.75. The Labute approximate surface area is 130 Å². The highest BCUT2D eigenvalue weighted by Crippen LogP contribution is 2.25. The van der Waals surface area contributed by atoms with Gasteiger partial charge in [0.05, 0.1) is 5.56 Å². The molecule has 0 bridgehead atoms. The lowest BCUT2D eigenvalue weighted by molar-refractivity contribution is 0.0696. The van der Waals surface area contributed by atoms with Crippen molar-refractivity contribution in [2.24, 2.45) is 0 Å². The summed E-state index contributed by atoms with van der Waals surface area (Å²) in [6.07, 6.45) is 0. The molecule has 21 heavy (non-hydrogen) atoms. The topological polar surface area (TPSA) is 66.4 Å². The third-order valence-corrected chi connectivity index (χ3v) is 3.59. The summed E-state index contributed by atoms with van der Waals surface area (Å²) < 4.78 is 0.960. The lowest BCUT2D eigenvalue weighted by Crippen LogP contribution is -2.14. The molecule has 2 aromatic carbocycles. The molecular weight excluding hydrogens is 334 g/mol. The van der Waals surface area contributed by atoms with Gasteiger partial charge in [0.1, 0.15) is 0 Å². The van der Waals surface area contributed by atoms with Crippen LogP contribution >= 0.6 is 15.9 Å². The van der Waals surface area contributed by atoms with Gasteiger partial charge in [0.2, 0.25) is 0 Å². The maximum atomic E-state index is 12.2. The van der Waals surface area contributed by atoms with Gasteiger partial charge in [0, 0.05) is 15.7 Å². The molecule has 2 aromatic rings. The summed E-state index contributed by atoms with van der Waals surface area (Å²) in [5, 5.41) is 11.7. The number of halogens is 1. The molecule has 0 aromatic heterocycles. The number of nitrogens with one attached hydrogen (secondary N) is 1. The Kier molecular flexibility index (Phi) is 4.43. The Hall–Kier alpha value is -2.14. The SMILES string of the molecule is Cc1cc(Br)cc(C)c1NC(=O)c1ccc(C(=O)O)cc1. The van der Waals surface area contributed by atoms with Crippen molar-refractivity contribution in [3.05, 3.63) is 63.1 Å². The second-order valence-corrected chi connectivity index (χ2v) is 5.67. The van der Waals surface area contributed by atoms with Crippen LogP contribution in [0.15, 0.2) is 40.9 Å². The number of hydrogen-bond donors (Lipinski definition) is 2. The predicted molar refractivity (Wildman–Crippen MR) is 85.0 cm³/mol. The maximum Gasteiger partial charge on any atom is 0.335 e. The van der Waals surface area contributed by atoms with Crippen LogP contribution in [0.1, 0.15) is 31.8 Å². The van der Waals surface area contributed by atoms with Crippen LogP contribution in [-0.2, 0) is 0 Å². The average molecular weight is 348 g/mol. The van der Waals surface area contributed by atoms with Gasteiger partial charge in [0.25, 0.3) is 5.91 Å². The zero-order valence-electron chi connectivity index (χ0n) is 11.6. The first-order valence-electron chi connectivity index (χ1n) is 6.30. The molecule has 5 heteroatoms. The molecule has 4 nitrogen and oxygen atoms in total. The fourth-order valence-corrected chi connectivity index (χ4v) is 2.74. The number of anilines is 1. The van der Waals surface area contributed by atoms with Gasteiger partial charge in [-0.3, -0.25) is 4.79 Å². The molecule has 0 aliphatic heterocycles. The Balaban J connectivity index is 2.24. The third-order valence-electron chi connectivity index (χ3n) is 3.13. The van der Waals surface area contributed by atoms with Crippen LogP contribution in [0.2, 0.25) is 0 Å². The first kappa shape index (κ1) is 15.3. The minimum Gasteiger partial charge on any atom is -0.478 e. The van der Waals surface area contributed by atoms with Crippen LogP contribution in [0, 0.1) is 13.8 Å². The van der Waals surface area contributed by atoms with Crippen molar-refractivity contribution in [1.82, 2.24) is 0 Å². The van der Waals surface area contributed by atoms with E-state index in [9.17, 15) is 9.59 Å². The second kappa shape index (κ2) is 6.10. The van der Waals surface area contributed by atoms with Crippen molar-refractivity contribution < 1.29 is 14.7 Å². The number of benzene rings is 2. The third kappa shape index (κ3) is 3.49. The number of rotatable bonds is 3. The highest BCUT2D eigenvalue weighted by Gasteiger charge is 2.11. The molecule has 0 radical (unpaired) electrons. The van der Waals surface area contributed by atoms with Crippen LogP contribution in [0.4, 0.5) is 5.69 Å². The molecule has 1 amide bonds. The summed E-state index contributed by atoms with van der Waals surface area (Å²) in [4.78, 5) is 23.0.